The second kappa shape index (κ2) is 4.82. The monoisotopic (exact) mass is 255 g/mol. The van der Waals surface area contributed by atoms with E-state index in [1.807, 2.05) is 11.6 Å². The van der Waals surface area contributed by atoms with Gasteiger partial charge in [-0.05, 0) is 56.9 Å². The molecule has 100 valence electrons. The zero-order chi connectivity index (χ0) is 13.4. The Kier molecular flexibility index (Phi) is 3.15. The lowest BCUT2D eigenvalue weighted by atomic mass is 10.1. The number of nitrogens with one attached hydrogen (secondary N) is 1. The first-order valence-corrected chi connectivity index (χ1v) is 7.00. The third-order valence-corrected chi connectivity index (χ3v) is 3.68. The molecule has 1 aliphatic rings. The molecule has 1 aromatic carbocycles. The molecular weight excluding hydrogens is 234 g/mol. The molecule has 3 nitrogen and oxygen atoms in total. The summed E-state index contributed by atoms with van der Waals surface area (Å²) in [6.07, 6.45) is 2.66. The van der Waals surface area contributed by atoms with Crippen LogP contribution in [0.15, 0.2) is 24.3 Å². The Hall–Kier alpha value is -1.61. The Balaban J connectivity index is 1.90. The Morgan fingerprint density at radius 3 is 2.63 bits per heavy atom. The van der Waals surface area contributed by atoms with Crippen LogP contribution in [0.2, 0.25) is 0 Å². The first-order valence-electron chi connectivity index (χ1n) is 7.00. The highest BCUT2D eigenvalue weighted by molar-refractivity contribution is 5.44. The van der Waals surface area contributed by atoms with Gasteiger partial charge >= 0.3 is 0 Å². The van der Waals surface area contributed by atoms with Crippen molar-refractivity contribution in [3.05, 3.63) is 46.8 Å². The smallest absolute Gasteiger partial charge is 0.0681 e. The van der Waals surface area contributed by atoms with E-state index in [9.17, 15) is 0 Å². The van der Waals surface area contributed by atoms with Crippen LogP contribution in [0, 0.1) is 20.8 Å². The maximum atomic E-state index is 4.59. The van der Waals surface area contributed by atoms with Gasteiger partial charge in [0.15, 0.2) is 0 Å². The minimum atomic E-state index is 0.749. The lowest BCUT2D eigenvalue weighted by Gasteiger charge is -2.11. The molecule has 1 heterocycles. The molecule has 0 atom stereocenters. The summed E-state index contributed by atoms with van der Waals surface area (Å²) in [6, 6.07) is 9.52. The lowest BCUT2D eigenvalue weighted by molar-refractivity contribution is 0.686. The first-order chi connectivity index (χ1) is 9.13. The van der Waals surface area contributed by atoms with Crippen molar-refractivity contribution in [2.75, 3.05) is 0 Å². The van der Waals surface area contributed by atoms with Crippen LogP contribution in [0.25, 0.3) is 5.69 Å². The van der Waals surface area contributed by atoms with Crippen LogP contribution in [0.4, 0.5) is 0 Å². The summed E-state index contributed by atoms with van der Waals surface area (Å²) in [5.41, 5.74) is 6.05. The molecule has 0 unspecified atom stereocenters. The van der Waals surface area contributed by atoms with Crippen LogP contribution in [0.3, 0.4) is 0 Å². The largest absolute Gasteiger partial charge is 0.310 e. The molecule has 1 fully saturated rings. The highest BCUT2D eigenvalue weighted by Crippen LogP contribution is 2.21. The Bertz CT molecular complexity index is 594. The van der Waals surface area contributed by atoms with Gasteiger partial charge in [-0.25, -0.2) is 4.68 Å². The molecule has 19 heavy (non-hydrogen) atoms. The maximum absolute atomic E-state index is 4.59. The van der Waals surface area contributed by atoms with E-state index in [0.717, 1.165) is 18.3 Å². The second-order valence-electron chi connectivity index (χ2n) is 5.61. The molecule has 0 radical (unpaired) electrons. The van der Waals surface area contributed by atoms with Crippen LogP contribution < -0.4 is 5.32 Å². The van der Waals surface area contributed by atoms with Crippen molar-refractivity contribution >= 4 is 0 Å². The fourth-order valence-electron chi connectivity index (χ4n) is 2.42. The van der Waals surface area contributed by atoms with Crippen LogP contribution >= 0.6 is 0 Å². The van der Waals surface area contributed by atoms with Gasteiger partial charge in [0.1, 0.15) is 0 Å². The molecule has 0 spiro atoms. The van der Waals surface area contributed by atoms with Gasteiger partial charge in [0.05, 0.1) is 11.4 Å². The van der Waals surface area contributed by atoms with Gasteiger partial charge in [-0.2, -0.15) is 5.10 Å². The predicted molar refractivity (Wildman–Crippen MR) is 77.6 cm³/mol. The van der Waals surface area contributed by atoms with Crippen molar-refractivity contribution in [1.82, 2.24) is 15.1 Å². The summed E-state index contributed by atoms with van der Waals surface area (Å²) in [7, 11) is 0. The van der Waals surface area contributed by atoms with Gasteiger partial charge in [0.25, 0.3) is 0 Å². The summed E-state index contributed by atoms with van der Waals surface area (Å²) < 4.78 is 2.05. The molecule has 0 amide bonds. The quantitative estimate of drug-likeness (QED) is 0.910. The van der Waals surface area contributed by atoms with E-state index in [1.165, 1.54) is 35.3 Å². The van der Waals surface area contributed by atoms with Crippen LogP contribution in [-0.2, 0) is 6.54 Å². The van der Waals surface area contributed by atoms with Gasteiger partial charge in [-0.3, -0.25) is 0 Å². The Morgan fingerprint density at radius 1 is 1.21 bits per heavy atom. The number of aromatic nitrogens is 2. The fraction of sp³-hybridized carbons (Fsp3) is 0.438. The Labute approximate surface area is 114 Å². The number of aryl methyl sites for hydroxylation is 3. The topological polar surface area (TPSA) is 29.9 Å². The highest BCUT2D eigenvalue weighted by atomic mass is 15.3. The maximum Gasteiger partial charge on any atom is 0.0681 e. The van der Waals surface area contributed by atoms with Gasteiger partial charge in [-0.1, -0.05) is 12.1 Å². The van der Waals surface area contributed by atoms with Gasteiger partial charge in [0.2, 0.25) is 0 Å². The Morgan fingerprint density at radius 2 is 2.00 bits per heavy atom. The average molecular weight is 255 g/mol. The van der Waals surface area contributed by atoms with Crippen molar-refractivity contribution < 1.29 is 0 Å². The number of hydrogen-bond acceptors (Lipinski definition) is 2. The number of rotatable bonds is 4. The third-order valence-electron chi connectivity index (χ3n) is 3.68. The molecule has 3 heteroatoms. The SMILES string of the molecule is Cc1cc(C)n(-c2cc(CNC3CC3)ccc2C)n1. The normalized spacial score (nSPS) is 14.9. The second-order valence-corrected chi connectivity index (χ2v) is 5.61. The van der Waals surface area contributed by atoms with Crippen molar-refractivity contribution in [3.8, 4) is 5.69 Å². The zero-order valence-electron chi connectivity index (χ0n) is 11.9. The van der Waals surface area contributed by atoms with Crippen molar-refractivity contribution in [2.45, 2.75) is 46.2 Å². The fourth-order valence-corrected chi connectivity index (χ4v) is 2.42. The molecule has 0 aliphatic heterocycles. The number of nitrogens with zero attached hydrogens (tertiary/aromatic N) is 2. The molecule has 2 aromatic rings. The van der Waals surface area contributed by atoms with Crippen LogP contribution in [-0.4, -0.2) is 15.8 Å². The van der Waals surface area contributed by atoms with E-state index in [0.29, 0.717) is 0 Å². The summed E-state index contributed by atoms with van der Waals surface area (Å²) in [6.45, 7) is 7.24. The van der Waals surface area contributed by atoms with Crippen molar-refractivity contribution in [2.24, 2.45) is 0 Å². The third kappa shape index (κ3) is 2.71. The minimum Gasteiger partial charge on any atom is -0.310 e. The van der Waals surface area contributed by atoms with Crippen LogP contribution in [0.1, 0.15) is 35.4 Å². The summed E-state index contributed by atoms with van der Waals surface area (Å²) in [4.78, 5) is 0. The summed E-state index contributed by atoms with van der Waals surface area (Å²) in [5.74, 6) is 0. The summed E-state index contributed by atoms with van der Waals surface area (Å²) in [5, 5.41) is 8.15. The number of benzene rings is 1. The number of hydrogen-bond donors (Lipinski definition) is 1. The molecule has 0 bridgehead atoms. The molecular formula is C16H21N3. The van der Waals surface area contributed by atoms with E-state index in [-0.39, 0.29) is 0 Å². The van der Waals surface area contributed by atoms with Crippen molar-refractivity contribution in [3.63, 3.8) is 0 Å². The van der Waals surface area contributed by atoms with Crippen LogP contribution in [0.5, 0.6) is 0 Å². The first kappa shape index (κ1) is 12.4. The van der Waals surface area contributed by atoms with Gasteiger partial charge in [-0.15, -0.1) is 0 Å². The lowest BCUT2D eigenvalue weighted by Crippen LogP contribution is -2.15. The van der Waals surface area contributed by atoms with E-state index >= 15 is 0 Å². The van der Waals surface area contributed by atoms with E-state index in [2.05, 4.69) is 48.5 Å². The molecule has 1 N–H and O–H groups in total. The molecule has 1 saturated carbocycles. The highest BCUT2D eigenvalue weighted by Gasteiger charge is 2.20. The van der Waals surface area contributed by atoms with Crippen molar-refractivity contribution in [1.29, 1.82) is 0 Å². The molecule has 1 aliphatic carbocycles. The predicted octanol–water partition coefficient (Wildman–Crippen LogP) is 3.05. The molecule has 1 aromatic heterocycles. The average Bonchev–Trinajstić information content (AvgIpc) is 3.14. The van der Waals surface area contributed by atoms with E-state index in [4.69, 9.17) is 0 Å². The van der Waals surface area contributed by atoms with E-state index < -0.39 is 0 Å². The van der Waals surface area contributed by atoms with Gasteiger partial charge in [0, 0.05) is 18.3 Å². The van der Waals surface area contributed by atoms with E-state index in [1.54, 1.807) is 0 Å². The standard InChI is InChI=1S/C16H21N3/c1-11-4-5-14(10-17-15-6-7-15)9-16(11)19-13(3)8-12(2)18-19/h4-5,8-9,15,17H,6-7,10H2,1-3H3. The molecule has 3 rings (SSSR count). The molecule has 0 saturated heterocycles. The van der Waals surface area contributed by atoms with Gasteiger partial charge < -0.3 is 5.32 Å². The minimum absolute atomic E-state index is 0.749. The summed E-state index contributed by atoms with van der Waals surface area (Å²) >= 11 is 0. The zero-order valence-corrected chi connectivity index (χ0v) is 11.9.